The second kappa shape index (κ2) is 6.12. The van der Waals surface area contributed by atoms with Crippen LogP contribution in [0.5, 0.6) is 11.5 Å². The third-order valence-corrected chi connectivity index (χ3v) is 5.91. The van der Waals surface area contributed by atoms with E-state index in [9.17, 15) is 17.2 Å². The minimum Gasteiger partial charge on any atom is -0.448 e. The Kier molecular flexibility index (Phi) is 4.02. The van der Waals surface area contributed by atoms with Crippen molar-refractivity contribution in [1.82, 2.24) is 0 Å². The number of benzene rings is 2. The average Bonchev–Trinajstić information content (AvgIpc) is 2.91. The molecule has 2 aliphatic rings. The first-order valence-electron chi connectivity index (χ1n) is 8.36. The Bertz CT molecular complexity index is 935. The number of halogens is 2. The summed E-state index contributed by atoms with van der Waals surface area (Å²) in [6.07, 6.45) is 4.73. The summed E-state index contributed by atoms with van der Waals surface area (Å²) in [5.74, 6) is -1.57. The summed E-state index contributed by atoms with van der Waals surface area (Å²) in [5.41, 5.74) is 0.227. The predicted molar refractivity (Wildman–Crippen MR) is 90.7 cm³/mol. The third-order valence-electron chi connectivity index (χ3n) is 4.55. The molecule has 1 spiro atoms. The van der Waals surface area contributed by atoms with Gasteiger partial charge >= 0.3 is 0 Å². The van der Waals surface area contributed by atoms with Gasteiger partial charge in [-0.25, -0.2) is 17.2 Å². The van der Waals surface area contributed by atoms with E-state index in [0.717, 1.165) is 44.2 Å². The summed E-state index contributed by atoms with van der Waals surface area (Å²) in [6.45, 7) is 0. The highest BCUT2D eigenvalue weighted by atomic mass is 32.2. The summed E-state index contributed by atoms with van der Waals surface area (Å²) in [6, 6.07) is 6.81. The maximum absolute atomic E-state index is 13.3. The van der Waals surface area contributed by atoms with Crippen molar-refractivity contribution in [2.75, 3.05) is 4.72 Å². The van der Waals surface area contributed by atoms with Crippen molar-refractivity contribution < 1.29 is 26.7 Å². The van der Waals surface area contributed by atoms with Crippen LogP contribution in [0.4, 0.5) is 14.5 Å². The SMILES string of the molecule is O=S(=O)(Nc1ccc2c(c1)OC1(CCCCC1)O2)c1cc(F)cc(F)c1. The molecule has 1 aliphatic heterocycles. The second-order valence-electron chi connectivity index (χ2n) is 6.55. The third kappa shape index (κ3) is 3.21. The topological polar surface area (TPSA) is 64.6 Å². The van der Waals surface area contributed by atoms with Crippen molar-refractivity contribution in [1.29, 1.82) is 0 Å². The second-order valence-corrected chi connectivity index (χ2v) is 8.23. The van der Waals surface area contributed by atoms with E-state index in [0.29, 0.717) is 17.6 Å². The smallest absolute Gasteiger partial charge is 0.262 e. The highest BCUT2D eigenvalue weighted by Crippen LogP contribution is 2.46. The Labute approximate surface area is 150 Å². The Morgan fingerprint density at radius 2 is 1.54 bits per heavy atom. The van der Waals surface area contributed by atoms with Crippen molar-refractivity contribution in [3.8, 4) is 11.5 Å². The Morgan fingerprint density at radius 3 is 2.23 bits per heavy atom. The van der Waals surface area contributed by atoms with E-state index in [1.54, 1.807) is 6.07 Å². The largest absolute Gasteiger partial charge is 0.448 e. The fourth-order valence-electron chi connectivity index (χ4n) is 3.35. The molecule has 1 N–H and O–H groups in total. The molecule has 0 unspecified atom stereocenters. The van der Waals surface area contributed by atoms with Gasteiger partial charge in [-0.15, -0.1) is 0 Å². The van der Waals surface area contributed by atoms with E-state index in [2.05, 4.69) is 4.72 Å². The van der Waals surface area contributed by atoms with Crippen molar-refractivity contribution in [2.24, 2.45) is 0 Å². The van der Waals surface area contributed by atoms with E-state index in [4.69, 9.17) is 9.47 Å². The van der Waals surface area contributed by atoms with E-state index in [-0.39, 0.29) is 5.69 Å². The van der Waals surface area contributed by atoms with E-state index < -0.39 is 32.3 Å². The van der Waals surface area contributed by atoms with Crippen LogP contribution >= 0.6 is 0 Å². The van der Waals surface area contributed by atoms with Gasteiger partial charge in [0.25, 0.3) is 15.8 Å². The van der Waals surface area contributed by atoms with Crippen LogP contribution in [0, 0.1) is 11.6 Å². The van der Waals surface area contributed by atoms with E-state index >= 15 is 0 Å². The van der Waals surface area contributed by atoms with Crippen LogP contribution in [0.1, 0.15) is 32.1 Å². The Balaban J connectivity index is 1.58. The zero-order valence-corrected chi connectivity index (χ0v) is 14.6. The zero-order chi connectivity index (χ0) is 18.4. The fraction of sp³-hybridized carbons (Fsp3) is 0.333. The molecule has 26 heavy (non-hydrogen) atoms. The van der Waals surface area contributed by atoms with Gasteiger partial charge in [0.15, 0.2) is 11.5 Å². The van der Waals surface area contributed by atoms with Crippen LogP contribution in [0.2, 0.25) is 0 Å². The maximum atomic E-state index is 13.3. The summed E-state index contributed by atoms with van der Waals surface area (Å²) in [4.78, 5) is -0.489. The van der Waals surface area contributed by atoms with Gasteiger partial charge in [-0.2, -0.15) is 0 Å². The summed E-state index contributed by atoms with van der Waals surface area (Å²) >= 11 is 0. The molecular formula is C18H17F2NO4S. The lowest BCUT2D eigenvalue weighted by molar-refractivity contribution is -0.105. The molecule has 4 rings (SSSR count). The molecule has 2 aromatic rings. The summed E-state index contributed by atoms with van der Waals surface area (Å²) < 4.78 is 65.6. The molecule has 1 heterocycles. The minimum absolute atomic E-state index is 0.227. The average molecular weight is 381 g/mol. The zero-order valence-electron chi connectivity index (χ0n) is 13.8. The lowest BCUT2D eigenvalue weighted by atomic mass is 9.94. The van der Waals surface area contributed by atoms with Crippen LogP contribution in [-0.4, -0.2) is 14.2 Å². The number of hydrogen-bond acceptors (Lipinski definition) is 4. The summed E-state index contributed by atoms with van der Waals surface area (Å²) in [7, 11) is -4.14. The molecule has 0 amide bonds. The van der Waals surface area contributed by atoms with Gasteiger partial charge in [0.2, 0.25) is 0 Å². The molecule has 0 saturated heterocycles. The molecule has 1 fully saturated rings. The first-order chi connectivity index (χ1) is 12.4. The molecule has 0 aromatic heterocycles. The molecule has 1 saturated carbocycles. The minimum atomic E-state index is -4.14. The molecule has 0 bridgehead atoms. The molecule has 5 nitrogen and oxygen atoms in total. The Morgan fingerprint density at radius 1 is 0.885 bits per heavy atom. The van der Waals surface area contributed by atoms with Gasteiger partial charge in [0, 0.05) is 25.0 Å². The van der Waals surface area contributed by atoms with Crippen LogP contribution in [0.15, 0.2) is 41.3 Å². The fourth-order valence-corrected chi connectivity index (χ4v) is 4.44. The lowest BCUT2D eigenvalue weighted by Crippen LogP contribution is -2.40. The summed E-state index contributed by atoms with van der Waals surface area (Å²) in [5, 5.41) is 0. The number of anilines is 1. The number of rotatable bonds is 3. The molecular weight excluding hydrogens is 364 g/mol. The van der Waals surface area contributed by atoms with Gasteiger partial charge < -0.3 is 9.47 Å². The normalized spacial score (nSPS) is 18.1. The van der Waals surface area contributed by atoms with Gasteiger partial charge in [0.1, 0.15) is 11.6 Å². The number of nitrogens with one attached hydrogen (secondary N) is 1. The van der Waals surface area contributed by atoms with Gasteiger partial charge in [0.05, 0.1) is 10.6 Å². The molecule has 8 heteroatoms. The van der Waals surface area contributed by atoms with Gasteiger partial charge in [-0.3, -0.25) is 4.72 Å². The number of ether oxygens (including phenoxy) is 2. The van der Waals surface area contributed by atoms with Gasteiger partial charge in [-0.1, -0.05) is 6.42 Å². The maximum Gasteiger partial charge on any atom is 0.262 e. The molecule has 0 atom stereocenters. The predicted octanol–water partition coefficient (Wildman–Crippen LogP) is 4.20. The molecule has 1 aliphatic carbocycles. The highest BCUT2D eigenvalue weighted by Gasteiger charge is 2.42. The molecule has 0 radical (unpaired) electrons. The first-order valence-corrected chi connectivity index (χ1v) is 9.85. The number of hydrogen-bond donors (Lipinski definition) is 1. The number of fused-ring (bicyclic) bond motifs is 1. The van der Waals surface area contributed by atoms with Crippen molar-refractivity contribution in [3.05, 3.63) is 48.0 Å². The van der Waals surface area contributed by atoms with Crippen molar-refractivity contribution in [2.45, 2.75) is 42.8 Å². The van der Waals surface area contributed by atoms with Crippen LogP contribution in [-0.2, 0) is 10.0 Å². The molecule has 138 valence electrons. The van der Waals surface area contributed by atoms with Crippen molar-refractivity contribution in [3.63, 3.8) is 0 Å². The van der Waals surface area contributed by atoms with Crippen LogP contribution < -0.4 is 14.2 Å². The van der Waals surface area contributed by atoms with E-state index in [1.807, 2.05) is 0 Å². The van der Waals surface area contributed by atoms with Crippen LogP contribution in [0.3, 0.4) is 0 Å². The Hall–Kier alpha value is -2.35. The van der Waals surface area contributed by atoms with Gasteiger partial charge in [-0.05, 0) is 37.1 Å². The quantitative estimate of drug-likeness (QED) is 0.866. The standard InChI is InChI=1S/C18H17F2NO4S/c19-12-8-13(20)10-15(9-12)26(22,23)21-14-4-5-16-17(11-14)25-18(24-16)6-2-1-3-7-18/h4-5,8-11,21H,1-3,6-7H2. The first kappa shape index (κ1) is 17.1. The number of sulfonamides is 1. The highest BCUT2D eigenvalue weighted by molar-refractivity contribution is 7.92. The lowest BCUT2D eigenvalue weighted by Gasteiger charge is -2.31. The monoisotopic (exact) mass is 381 g/mol. The van der Waals surface area contributed by atoms with Crippen LogP contribution in [0.25, 0.3) is 0 Å². The van der Waals surface area contributed by atoms with Crippen molar-refractivity contribution >= 4 is 15.7 Å². The van der Waals surface area contributed by atoms with E-state index in [1.165, 1.54) is 12.1 Å². The molecule has 2 aromatic carbocycles.